The van der Waals surface area contributed by atoms with Crippen LogP contribution in [0.2, 0.25) is 0 Å². The van der Waals surface area contributed by atoms with E-state index in [1.54, 1.807) is 18.0 Å². The number of hydrogen-bond acceptors (Lipinski definition) is 6. The van der Waals surface area contributed by atoms with Crippen LogP contribution in [0.3, 0.4) is 0 Å². The van der Waals surface area contributed by atoms with Crippen LogP contribution in [0.15, 0.2) is 53.6 Å². The molecular weight excluding hydrogens is 356 g/mol. The summed E-state index contributed by atoms with van der Waals surface area (Å²) in [5.74, 6) is 1.31. The number of thioether (sulfide) groups is 1. The predicted octanol–water partition coefficient (Wildman–Crippen LogP) is 4.22. The zero-order valence-corrected chi connectivity index (χ0v) is 16.4. The third kappa shape index (κ3) is 3.76. The molecule has 1 aromatic carbocycles. The van der Waals surface area contributed by atoms with Gasteiger partial charge in [-0.05, 0) is 49.6 Å². The molecule has 0 bridgehead atoms. The first kappa shape index (κ1) is 17.8. The second-order valence-corrected chi connectivity index (χ2v) is 7.17. The van der Waals surface area contributed by atoms with Gasteiger partial charge in [-0.25, -0.2) is 4.98 Å². The number of nitrogens with zero attached hydrogens (tertiary/aromatic N) is 4. The minimum Gasteiger partial charge on any atom is -0.478 e. The highest BCUT2D eigenvalue weighted by Gasteiger charge is 2.24. The van der Waals surface area contributed by atoms with Crippen molar-refractivity contribution in [3.63, 3.8) is 0 Å². The van der Waals surface area contributed by atoms with E-state index in [0.29, 0.717) is 18.3 Å². The highest BCUT2D eigenvalue weighted by Crippen LogP contribution is 2.31. The first-order valence-corrected chi connectivity index (χ1v) is 10.3. The van der Waals surface area contributed by atoms with Crippen molar-refractivity contribution in [1.29, 1.82) is 0 Å². The average Bonchev–Trinajstić information content (AvgIpc) is 2.74. The minimum absolute atomic E-state index is 0.577. The molecule has 0 aliphatic carbocycles. The number of aromatic nitrogens is 3. The Bertz CT molecular complexity index is 915. The van der Waals surface area contributed by atoms with Gasteiger partial charge in [-0.2, -0.15) is 4.98 Å². The summed E-state index contributed by atoms with van der Waals surface area (Å²) in [7, 11) is 0. The summed E-state index contributed by atoms with van der Waals surface area (Å²) in [4.78, 5) is 17.5. The third-order valence-electron chi connectivity index (χ3n) is 4.63. The number of benzene rings is 1. The molecule has 0 unspecified atom stereocenters. The van der Waals surface area contributed by atoms with Gasteiger partial charge in [0.2, 0.25) is 5.88 Å². The van der Waals surface area contributed by atoms with Crippen LogP contribution in [0, 0.1) is 0 Å². The molecule has 3 heterocycles. The summed E-state index contributed by atoms with van der Waals surface area (Å²) < 4.78 is 5.88. The third-order valence-corrected chi connectivity index (χ3v) is 5.38. The predicted molar refractivity (Wildman–Crippen MR) is 109 cm³/mol. The Morgan fingerprint density at radius 2 is 1.96 bits per heavy atom. The van der Waals surface area contributed by atoms with E-state index in [0.717, 1.165) is 36.5 Å². The monoisotopic (exact) mass is 378 g/mol. The maximum absolute atomic E-state index is 5.88. The summed E-state index contributed by atoms with van der Waals surface area (Å²) in [5.41, 5.74) is 4.13. The first-order valence-electron chi connectivity index (χ1n) is 9.11. The van der Waals surface area contributed by atoms with Crippen LogP contribution in [-0.4, -0.2) is 34.4 Å². The first-order chi connectivity index (χ1) is 13.3. The molecule has 1 aliphatic heterocycles. The number of fused-ring (bicyclic) bond motifs is 1. The lowest BCUT2D eigenvalue weighted by molar-refractivity contribution is 0.320. The van der Waals surface area contributed by atoms with Crippen LogP contribution < -0.4 is 9.64 Å². The zero-order chi connectivity index (χ0) is 18.6. The smallest absolute Gasteiger partial charge is 0.222 e. The zero-order valence-electron chi connectivity index (χ0n) is 15.6. The molecule has 0 amide bonds. The Balaban J connectivity index is 1.67. The van der Waals surface area contributed by atoms with E-state index < -0.39 is 0 Å². The molecule has 27 heavy (non-hydrogen) atoms. The van der Waals surface area contributed by atoms with Gasteiger partial charge in [0.25, 0.3) is 0 Å². The van der Waals surface area contributed by atoms with Crippen LogP contribution >= 0.6 is 11.8 Å². The average molecular weight is 379 g/mol. The van der Waals surface area contributed by atoms with Gasteiger partial charge in [0.15, 0.2) is 5.82 Å². The van der Waals surface area contributed by atoms with E-state index in [1.165, 1.54) is 10.6 Å². The van der Waals surface area contributed by atoms with Crippen molar-refractivity contribution < 1.29 is 4.74 Å². The van der Waals surface area contributed by atoms with E-state index in [9.17, 15) is 0 Å². The number of ether oxygens (including phenoxy) is 1. The molecule has 4 rings (SSSR count). The van der Waals surface area contributed by atoms with E-state index >= 15 is 0 Å². The minimum atomic E-state index is 0.577. The van der Waals surface area contributed by atoms with Gasteiger partial charge in [0.05, 0.1) is 24.4 Å². The summed E-state index contributed by atoms with van der Waals surface area (Å²) in [5, 5.41) is 0. The van der Waals surface area contributed by atoms with Crippen LogP contribution in [0.1, 0.15) is 18.2 Å². The lowest BCUT2D eigenvalue weighted by Gasteiger charge is -2.31. The van der Waals surface area contributed by atoms with Gasteiger partial charge in [0, 0.05) is 29.7 Å². The van der Waals surface area contributed by atoms with E-state index in [4.69, 9.17) is 9.72 Å². The highest BCUT2D eigenvalue weighted by atomic mass is 32.2. The van der Waals surface area contributed by atoms with Crippen molar-refractivity contribution in [2.24, 2.45) is 0 Å². The lowest BCUT2D eigenvalue weighted by atomic mass is 10.1. The van der Waals surface area contributed by atoms with Gasteiger partial charge in [-0.15, -0.1) is 11.8 Å². The largest absolute Gasteiger partial charge is 0.478 e. The quantitative estimate of drug-likeness (QED) is 0.620. The molecule has 138 valence electrons. The van der Waals surface area contributed by atoms with Gasteiger partial charge >= 0.3 is 0 Å². The van der Waals surface area contributed by atoms with Crippen molar-refractivity contribution >= 4 is 17.4 Å². The van der Waals surface area contributed by atoms with Gasteiger partial charge < -0.3 is 9.64 Å². The standard InChI is InChI=1S/C21H22N4OS/c1-3-26-21-17-14-25(15-7-9-16(27-2)10-8-15)13-11-18(17)23-20(24-21)19-6-4-5-12-22-19/h4-10,12H,3,11,13-14H2,1-2H3. The Hall–Kier alpha value is -2.60. The molecule has 5 nitrogen and oxygen atoms in total. The molecule has 0 atom stereocenters. The number of rotatable bonds is 5. The maximum atomic E-state index is 5.88. The van der Waals surface area contributed by atoms with E-state index in [-0.39, 0.29) is 0 Å². The Kier molecular flexibility index (Phi) is 5.25. The molecule has 0 saturated carbocycles. The van der Waals surface area contributed by atoms with Crippen molar-refractivity contribution in [2.45, 2.75) is 24.8 Å². The fourth-order valence-corrected chi connectivity index (χ4v) is 3.67. The number of anilines is 1. The van der Waals surface area contributed by atoms with E-state index in [1.807, 2.05) is 25.1 Å². The Morgan fingerprint density at radius 3 is 2.67 bits per heavy atom. The highest BCUT2D eigenvalue weighted by molar-refractivity contribution is 7.98. The summed E-state index contributed by atoms with van der Waals surface area (Å²) in [6.45, 7) is 4.24. The van der Waals surface area contributed by atoms with Gasteiger partial charge in [-0.3, -0.25) is 4.98 Å². The Labute approximate surface area is 163 Å². The molecule has 0 spiro atoms. The summed E-state index contributed by atoms with van der Waals surface area (Å²) in [6.07, 6.45) is 4.72. The number of pyridine rings is 1. The van der Waals surface area contributed by atoms with E-state index in [2.05, 4.69) is 45.4 Å². The molecule has 6 heteroatoms. The summed E-state index contributed by atoms with van der Waals surface area (Å²) in [6, 6.07) is 14.5. The fourth-order valence-electron chi connectivity index (χ4n) is 3.26. The maximum Gasteiger partial charge on any atom is 0.222 e. The second kappa shape index (κ2) is 7.96. The van der Waals surface area contributed by atoms with Crippen molar-refractivity contribution in [1.82, 2.24) is 15.0 Å². The lowest BCUT2D eigenvalue weighted by Crippen LogP contribution is -2.31. The number of hydrogen-bond donors (Lipinski definition) is 0. The molecule has 0 fully saturated rings. The SMILES string of the molecule is CCOc1nc(-c2ccccn2)nc2c1CN(c1ccc(SC)cc1)CC2. The normalized spacial score (nSPS) is 13.3. The molecule has 0 N–H and O–H groups in total. The van der Waals surface area contributed by atoms with Crippen LogP contribution in [-0.2, 0) is 13.0 Å². The topological polar surface area (TPSA) is 51.1 Å². The molecule has 2 aromatic heterocycles. The Morgan fingerprint density at radius 1 is 1.11 bits per heavy atom. The van der Waals surface area contributed by atoms with Gasteiger partial charge in [0.1, 0.15) is 5.69 Å². The molecule has 1 aliphatic rings. The van der Waals surface area contributed by atoms with Crippen molar-refractivity contribution in [3.05, 3.63) is 59.9 Å². The fraction of sp³-hybridized carbons (Fsp3) is 0.286. The van der Waals surface area contributed by atoms with Crippen LogP contribution in [0.4, 0.5) is 5.69 Å². The molecule has 3 aromatic rings. The molecular formula is C21H22N4OS. The molecule has 0 saturated heterocycles. The van der Waals surface area contributed by atoms with Crippen molar-refractivity contribution in [2.75, 3.05) is 24.3 Å². The van der Waals surface area contributed by atoms with Crippen LogP contribution in [0.25, 0.3) is 11.5 Å². The summed E-state index contributed by atoms with van der Waals surface area (Å²) >= 11 is 1.76. The second-order valence-electron chi connectivity index (χ2n) is 6.30. The van der Waals surface area contributed by atoms with Crippen LogP contribution in [0.5, 0.6) is 5.88 Å². The van der Waals surface area contributed by atoms with Gasteiger partial charge in [-0.1, -0.05) is 6.07 Å². The molecule has 0 radical (unpaired) electrons. The van der Waals surface area contributed by atoms with Crippen molar-refractivity contribution in [3.8, 4) is 17.4 Å².